The van der Waals surface area contributed by atoms with Crippen LogP contribution in [-0.4, -0.2) is 5.75 Å². The molecule has 0 heterocycles. The zero-order chi connectivity index (χ0) is 14.6. The Hall–Kier alpha value is -0.870. The van der Waals surface area contributed by atoms with Crippen molar-refractivity contribution < 1.29 is 0 Å². The number of rotatable bonds is 3. The van der Waals surface area contributed by atoms with Crippen LogP contribution in [0.4, 0.5) is 0 Å². The molecule has 0 saturated carbocycles. The van der Waals surface area contributed by atoms with Gasteiger partial charge in [0.1, 0.15) is 0 Å². The zero-order valence-electron chi connectivity index (χ0n) is 13.0. The summed E-state index contributed by atoms with van der Waals surface area (Å²) in [5.41, 5.74) is 5.40. The van der Waals surface area contributed by atoms with E-state index in [0.717, 1.165) is 0 Å². The summed E-state index contributed by atoms with van der Waals surface area (Å²) in [6.45, 7) is 13.5. The van der Waals surface area contributed by atoms with Crippen molar-refractivity contribution in [2.45, 2.75) is 59.3 Å². The molecule has 0 saturated heterocycles. The summed E-state index contributed by atoms with van der Waals surface area (Å²) >= 11 is 4.20. The molecule has 0 aromatic heterocycles. The van der Waals surface area contributed by atoms with Crippen molar-refractivity contribution in [3.05, 3.63) is 34.4 Å². The second-order valence-electron chi connectivity index (χ2n) is 6.00. The Morgan fingerprint density at radius 1 is 0.895 bits per heavy atom. The maximum Gasteiger partial charge on any atom is 0.0521 e. The van der Waals surface area contributed by atoms with Gasteiger partial charge in [0.15, 0.2) is 0 Å². The fourth-order valence-electron chi connectivity index (χ4n) is 2.23. The van der Waals surface area contributed by atoms with Gasteiger partial charge in [-0.25, -0.2) is 0 Å². The van der Waals surface area contributed by atoms with Crippen LogP contribution in [0.2, 0.25) is 0 Å². The van der Waals surface area contributed by atoms with Crippen molar-refractivity contribution in [2.75, 3.05) is 5.75 Å². The predicted octanol–water partition coefficient (Wildman–Crippen LogP) is 5.34. The molecule has 0 aliphatic rings. The van der Waals surface area contributed by atoms with E-state index in [2.05, 4.69) is 78.1 Å². The highest BCUT2D eigenvalue weighted by Crippen LogP contribution is 2.31. The molecule has 1 aromatic carbocycles. The van der Waals surface area contributed by atoms with Crippen LogP contribution >= 0.6 is 12.6 Å². The molecule has 0 radical (unpaired) electrons. The van der Waals surface area contributed by atoms with Gasteiger partial charge in [0.25, 0.3) is 0 Å². The Morgan fingerprint density at radius 3 is 1.68 bits per heavy atom. The van der Waals surface area contributed by atoms with Gasteiger partial charge in [0.05, 0.1) is 5.75 Å². The first-order valence-electron chi connectivity index (χ1n) is 7.15. The first kappa shape index (κ1) is 16.2. The van der Waals surface area contributed by atoms with Crippen LogP contribution in [0.1, 0.15) is 81.5 Å². The summed E-state index contributed by atoms with van der Waals surface area (Å²) in [7, 11) is 0. The van der Waals surface area contributed by atoms with Crippen molar-refractivity contribution in [3.63, 3.8) is 0 Å². The molecule has 19 heavy (non-hydrogen) atoms. The standard InChI is InChI=1S/C18H26S/c1-12(2)15-10-17(13(3)4)16(8-7-9-19)18(11-15)14(5)6/h10-14,19H,9H2,1-6H3. The van der Waals surface area contributed by atoms with Gasteiger partial charge < -0.3 is 0 Å². The lowest BCUT2D eigenvalue weighted by Crippen LogP contribution is -2.04. The van der Waals surface area contributed by atoms with Crippen LogP contribution < -0.4 is 0 Å². The largest absolute Gasteiger partial charge is 0.166 e. The van der Waals surface area contributed by atoms with Gasteiger partial charge in [-0.05, 0) is 34.4 Å². The lowest BCUT2D eigenvalue weighted by Gasteiger charge is -2.20. The van der Waals surface area contributed by atoms with E-state index < -0.39 is 0 Å². The molecule has 0 unspecified atom stereocenters. The average Bonchev–Trinajstić information content (AvgIpc) is 2.34. The third-order valence-corrected chi connectivity index (χ3v) is 3.58. The summed E-state index contributed by atoms with van der Waals surface area (Å²) in [5.74, 6) is 8.62. The summed E-state index contributed by atoms with van der Waals surface area (Å²) in [6.07, 6.45) is 0. The fraction of sp³-hybridized carbons (Fsp3) is 0.556. The first-order chi connectivity index (χ1) is 8.88. The third-order valence-electron chi connectivity index (χ3n) is 3.42. The van der Waals surface area contributed by atoms with Gasteiger partial charge in [-0.2, -0.15) is 12.6 Å². The highest BCUT2D eigenvalue weighted by molar-refractivity contribution is 7.80. The maximum absolute atomic E-state index is 4.20. The van der Waals surface area contributed by atoms with E-state index >= 15 is 0 Å². The highest BCUT2D eigenvalue weighted by atomic mass is 32.1. The lowest BCUT2D eigenvalue weighted by atomic mass is 9.85. The molecule has 0 nitrogen and oxygen atoms in total. The average molecular weight is 274 g/mol. The van der Waals surface area contributed by atoms with Crippen molar-refractivity contribution in [2.24, 2.45) is 0 Å². The molecule has 0 aliphatic heterocycles. The van der Waals surface area contributed by atoms with Gasteiger partial charge in [-0.1, -0.05) is 65.5 Å². The van der Waals surface area contributed by atoms with Crippen LogP contribution in [0.3, 0.4) is 0 Å². The van der Waals surface area contributed by atoms with Crippen molar-refractivity contribution in [1.29, 1.82) is 0 Å². The van der Waals surface area contributed by atoms with E-state index in [1.165, 1.54) is 22.3 Å². The second kappa shape index (κ2) is 7.06. The van der Waals surface area contributed by atoms with Gasteiger partial charge >= 0.3 is 0 Å². The molecule has 0 atom stereocenters. The molecular weight excluding hydrogens is 248 g/mol. The van der Waals surface area contributed by atoms with E-state index in [1.54, 1.807) is 0 Å². The molecule has 0 fully saturated rings. The quantitative estimate of drug-likeness (QED) is 0.558. The minimum atomic E-state index is 0.500. The Kier molecular flexibility index (Phi) is 6.01. The monoisotopic (exact) mass is 274 g/mol. The van der Waals surface area contributed by atoms with Crippen molar-refractivity contribution in [3.8, 4) is 11.8 Å². The number of hydrogen-bond donors (Lipinski definition) is 1. The zero-order valence-corrected chi connectivity index (χ0v) is 13.9. The highest BCUT2D eigenvalue weighted by Gasteiger charge is 2.15. The van der Waals surface area contributed by atoms with Gasteiger partial charge in [0.2, 0.25) is 0 Å². The molecule has 0 amide bonds. The topological polar surface area (TPSA) is 0 Å². The Labute approximate surface area is 124 Å². The van der Waals surface area contributed by atoms with Gasteiger partial charge in [-0.3, -0.25) is 0 Å². The smallest absolute Gasteiger partial charge is 0.0521 e. The van der Waals surface area contributed by atoms with E-state index in [-0.39, 0.29) is 0 Å². The number of benzene rings is 1. The molecule has 0 aliphatic carbocycles. The van der Waals surface area contributed by atoms with E-state index in [4.69, 9.17) is 0 Å². The summed E-state index contributed by atoms with van der Waals surface area (Å²) in [4.78, 5) is 0. The van der Waals surface area contributed by atoms with Crippen molar-refractivity contribution >= 4 is 12.6 Å². The summed E-state index contributed by atoms with van der Waals surface area (Å²) in [5, 5.41) is 0. The number of thiol groups is 1. The normalized spacial score (nSPS) is 11.1. The van der Waals surface area contributed by atoms with Gasteiger partial charge in [-0.15, -0.1) is 0 Å². The molecule has 0 spiro atoms. The van der Waals surface area contributed by atoms with Crippen LogP contribution in [-0.2, 0) is 0 Å². The van der Waals surface area contributed by atoms with Crippen LogP contribution in [0.15, 0.2) is 12.1 Å². The Bertz CT molecular complexity index is 455. The Morgan fingerprint density at radius 2 is 1.37 bits per heavy atom. The molecule has 1 rings (SSSR count). The first-order valence-corrected chi connectivity index (χ1v) is 7.79. The minimum Gasteiger partial charge on any atom is -0.166 e. The SMILES string of the molecule is CC(C)c1cc(C(C)C)c(C#CCS)c(C(C)C)c1. The summed E-state index contributed by atoms with van der Waals surface area (Å²) < 4.78 is 0. The molecule has 1 heteroatoms. The molecule has 104 valence electrons. The Balaban J connectivity index is 3.55. The van der Waals surface area contributed by atoms with E-state index in [9.17, 15) is 0 Å². The molecule has 0 N–H and O–H groups in total. The van der Waals surface area contributed by atoms with Gasteiger partial charge in [0, 0.05) is 5.56 Å². The third kappa shape index (κ3) is 4.05. The van der Waals surface area contributed by atoms with E-state index in [0.29, 0.717) is 23.5 Å². The van der Waals surface area contributed by atoms with E-state index in [1.807, 2.05) is 0 Å². The predicted molar refractivity (Wildman–Crippen MR) is 89.4 cm³/mol. The minimum absolute atomic E-state index is 0.500. The number of hydrogen-bond acceptors (Lipinski definition) is 1. The molecule has 1 aromatic rings. The lowest BCUT2D eigenvalue weighted by molar-refractivity contribution is 0.800. The molecule has 0 bridgehead atoms. The van der Waals surface area contributed by atoms with Crippen molar-refractivity contribution in [1.82, 2.24) is 0 Å². The second-order valence-corrected chi connectivity index (χ2v) is 6.31. The fourth-order valence-corrected chi connectivity index (χ4v) is 2.31. The maximum atomic E-state index is 4.20. The summed E-state index contributed by atoms with van der Waals surface area (Å²) in [6, 6.07) is 4.67. The molecular formula is C18H26S. The van der Waals surface area contributed by atoms with Crippen LogP contribution in [0, 0.1) is 11.8 Å². The van der Waals surface area contributed by atoms with Crippen LogP contribution in [0.5, 0.6) is 0 Å². The van der Waals surface area contributed by atoms with Crippen LogP contribution in [0.25, 0.3) is 0 Å².